The fourth-order valence-corrected chi connectivity index (χ4v) is 1.45. The van der Waals surface area contributed by atoms with Crippen molar-refractivity contribution in [2.45, 2.75) is 0 Å². The Morgan fingerprint density at radius 2 is 2.05 bits per heavy atom. The number of primary amides is 1. The highest BCUT2D eigenvalue weighted by atomic mass is 16.6. The molecule has 110 valence electrons. The van der Waals surface area contributed by atoms with Gasteiger partial charge in [0.1, 0.15) is 18.2 Å². The number of carbonyl (C=O) groups excluding carboxylic acids is 2. The molecule has 0 heterocycles. The van der Waals surface area contributed by atoms with Crippen molar-refractivity contribution in [3.05, 3.63) is 29.3 Å². The van der Waals surface area contributed by atoms with Crippen molar-refractivity contribution in [2.24, 2.45) is 5.73 Å². The standard InChI is InChI=1S/C14H14N2O5/c1-19-8-13(17)21-11-4-3-9(6-12(11)20-2)5-10(7-15)14(16)18/h3-6H,8H2,1-2H3,(H2,16,18)/b10-5+. The molecule has 0 spiro atoms. The fourth-order valence-electron chi connectivity index (χ4n) is 1.45. The third-order valence-electron chi connectivity index (χ3n) is 2.37. The zero-order chi connectivity index (χ0) is 15.8. The summed E-state index contributed by atoms with van der Waals surface area (Å²) in [6.07, 6.45) is 1.31. The number of hydrogen-bond donors (Lipinski definition) is 1. The molecule has 0 aliphatic carbocycles. The zero-order valence-electron chi connectivity index (χ0n) is 11.6. The van der Waals surface area contributed by atoms with E-state index in [-0.39, 0.29) is 23.7 Å². The number of nitriles is 1. The van der Waals surface area contributed by atoms with Crippen molar-refractivity contribution in [3.63, 3.8) is 0 Å². The molecule has 0 aliphatic heterocycles. The lowest BCUT2D eigenvalue weighted by Crippen LogP contribution is -2.14. The Morgan fingerprint density at radius 1 is 1.33 bits per heavy atom. The van der Waals surface area contributed by atoms with Crippen LogP contribution in [0.25, 0.3) is 6.08 Å². The van der Waals surface area contributed by atoms with Crippen molar-refractivity contribution in [1.82, 2.24) is 0 Å². The van der Waals surface area contributed by atoms with Crippen molar-refractivity contribution in [1.29, 1.82) is 5.26 Å². The lowest BCUT2D eigenvalue weighted by molar-refractivity contribution is -0.138. The molecule has 0 aromatic heterocycles. The molecule has 0 bridgehead atoms. The number of rotatable bonds is 6. The summed E-state index contributed by atoms with van der Waals surface area (Å²) in [5.74, 6) is -0.926. The molecule has 7 nitrogen and oxygen atoms in total. The van der Waals surface area contributed by atoms with E-state index in [0.717, 1.165) is 0 Å². The van der Waals surface area contributed by atoms with E-state index in [2.05, 4.69) is 4.74 Å². The summed E-state index contributed by atoms with van der Waals surface area (Å²) in [7, 11) is 2.77. The van der Waals surface area contributed by atoms with Gasteiger partial charge in [-0.15, -0.1) is 0 Å². The second-order valence-corrected chi connectivity index (χ2v) is 3.85. The van der Waals surface area contributed by atoms with Crippen LogP contribution in [0.5, 0.6) is 11.5 Å². The van der Waals surface area contributed by atoms with E-state index in [9.17, 15) is 9.59 Å². The first kappa shape index (κ1) is 16.2. The van der Waals surface area contributed by atoms with Crippen LogP contribution in [-0.2, 0) is 14.3 Å². The number of amides is 1. The van der Waals surface area contributed by atoms with Crippen LogP contribution in [0.15, 0.2) is 23.8 Å². The molecule has 7 heteroatoms. The van der Waals surface area contributed by atoms with Gasteiger partial charge in [-0.25, -0.2) is 4.79 Å². The molecule has 1 rings (SSSR count). The normalized spacial score (nSPS) is 10.6. The van der Waals surface area contributed by atoms with Crippen LogP contribution in [0.4, 0.5) is 0 Å². The predicted octanol–water partition coefficient (Wildman–Crippen LogP) is 0.639. The third-order valence-corrected chi connectivity index (χ3v) is 2.37. The average Bonchev–Trinajstić information content (AvgIpc) is 2.45. The third kappa shape index (κ3) is 4.63. The van der Waals surface area contributed by atoms with Crippen molar-refractivity contribution in [3.8, 4) is 17.6 Å². The maximum absolute atomic E-state index is 11.4. The van der Waals surface area contributed by atoms with Crippen molar-refractivity contribution < 1.29 is 23.8 Å². The number of methoxy groups -OCH3 is 2. The maximum Gasteiger partial charge on any atom is 0.337 e. The average molecular weight is 290 g/mol. The Balaban J connectivity index is 3.07. The Hall–Kier alpha value is -2.85. The molecule has 1 aromatic rings. The smallest absolute Gasteiger partial charge is 0.337 e. The van der Waals surface area contributed by atoms with E-state index in [4.69, 9.17) is 20.5 Å². The fraction of sp³-hybridized carbons (Fsp3) is 0.214. The van der Waals surface area contributed by atoms with Gasteiger partial charge in [-0.05, 0) is 23.8 Å². The van der Waals surface area contributed by atoms with Crippen molar-refractivity contribution in [2.75, 3.05) is 20.8 Å². The van der Waals surface area contributed by atoms with E-state index in [1.54, 1.807) is 12.1 Å². The van der Waals surface area contributed by atoms with Gasteiger partial charge in [0.15, 0.2) is 11.5 Å². The summed E-state index contributed by atoms with van der Waals surface area (Å²) in [5.41, 5.74) is 5.37. The first-order chi connectivity index (χ1) is 10.0. The largest absolute Gasteiger partial charge is 0.493 e. The molecule has 21 heavy (non-hydrogen) atoms. The van der Waals surface area contributed by atoms with Crippen molar-refractivity contribution >= 4 is 18.0 Å². The van der Waals surface area contributed by atoms with E-state index >= 15 is 0 Å². The SMILES string of the molecule is COCC(=O)Oc1ccc(/C=C(\C#N)C(N)=O)cc1OC. The van der Waals surface area contributed by atoms with Crippen LogP contribution in [0.3, 0.4) is 0 Å². The van der Waals surface area contributed by atoms with E-state index in [0.29, 0.717) is 5.56 Å². The molecule has 0 saturated carbocycles. The minimum Gasteiger partial charge on any atom is -0.493 e. The van der Waals surface area contributed by atoms with E-state index in [1.807, 2.05) is 0 Å². The minimum absolute atomic E-state index is 0.189. The topological polar surface area (TPSA) is 112 Å². The monoisotopic (exact) mass is 290 g/mol. The van der Waals surface area contributed by atoms with Gasteiger partial charge in [0.05, 0.1) is 7.11 Å². The molecule has 2 N–H and O–H groups in total. The summed E-state index contributed by atoms with van der Waals surface area (Å²) in [6.45, 7) is -0.189. The predicted molar refractivity (Wildman–Crippen MR) is 73.3 cm³/mol. The minimum atomic E-state index is -0.827. The van der Waals surface area contributed by atoms with Crippen LogP contribution >= 0.6 is 0 Å². The van der Waals surface area contributed by atoms with Gasteiger partial charge in [-0.3, -0.25) is 4.79 Å². The number of ether oxygens (including phenoxy) is 3. The number of hydrogen-bond acceptors (Lipinski definition) is 6. The number of benzene rings is 1. The van der Waals surface area contributed by atoms with Crippen LogP contribution < -0.4 is 15.2 Å². The summed E-state index contributed by atoms with van der Waals surface area (Å²) < 4.78 is 14.8. The summed E-state index contributed by atoms with van der Waals surface area (Å²) in [4.78, 5) is 22.4. The maximum atomic E-state index is 11.4. The molecule has 0 fully saturated rings. The molecular formula is C14H14N2O5. The first-order valence-corrected chi connectivity index (χ1v) is 5.81. The van der Waals surface area contributed by atoms with Crippen LogP contribution in [-0.4, -0.2) is 32.7 Å². The number of nitrogens with two attached hydrogens (primary N) is 1. The van der Waals surface area contributed by atoms with E-state index < -0.39 is 11.9 Å². The van der Waals surface area contributed by atoms with E-state index in [1.165, 1.54) is 32.4 Å². The second-order valence-electron chi connectivity index (χ2n) is 3.85. The quantitative estimate of drug-likeness (QED) is 0.356. The second kappa shape index (κ2) is 7.67. The highest BCUT2D eigenvalue weighted by Crippen LogP contribution is 2.29. The Morgan fingerprint density at radius 3 is 2.57 bits per heavy atom. The highest BCUT2D eigenvalue weighted by Gasteiger charge is 2.11. The Kier molecular flexibility index (Phi) is 5.92. The number of nitrogens with zero attached hydrogens (tertiary/aromatic N) is 1. The molecular weight excluding hydrogens is 276 g/mol. The number of carbonyl (C=O) groups is 2. The summed E-state index contributed by atoms with van der Waals surface area (Å²) in [5, 5.41) is 8.78. The van der Waals surface area contributed by atoms with Crippen LogP contribution in [0, 0.1) is 11.3 Å². The molecule has 0 radical (unpaired) electrons. The van der Waals surface area contributed by atoms with Gasteiger partial charge >= 0.3 is 5.97 Å². The van der Waals surface area contributed by atoms with Gasteiger partial charge in [-0.2, -0.15) is 5.26 Å². The molecule has 1 amide bonds. The van der Waals surface area contributed by atoms with Gasteiger partial charge in [-0.1, -0.05) is 6.07 Å². The molecule has 0 aliphatic rings. The van der Waals surface area contributed by atoms with Gasteiger partial charge in [0, 0.05) is 7.11 Å². The van der Waals surface area contributed by atoms with Gasteiger partial charge in [0.25, 0.3) is 5.91 Å². The number of esters is 1. The lowest BCUT2D eigenvalue weighted by Gasteiger charge is -2.09. The summed E-state index contributed by atoms with van der Waals surface area (Å²) in [6, 6.07) is 6.24. The molecule has 1 aromatic carbocycles. The Bertz CT molecular complexity index is 616. The van der Waals surface area contributed by atoms with Gasteiger partial charge in [0.2, 0.25) is 0 Å². The first-order valence-electron chi connectivity index (χ1n) is 5.81. The zero-order valence-corrected chi connectivity index (χ0v) is 11.6. The van der Waals surface area contributed by atoms with Crippen LogP contribution in [0.1, 0.15) is 5.56 Å². The van der Waals surface area contributed by atoms with Crippen LogP contribution in [0.2, 0.25) is 0 Å². The Labute approximate surface area is 121 Å². The highest BCUT2D eigenvalue weighted by molar-refractivity contribution is 6.00. The molecule has 0 atom stereocenters. The summed E-state index contributed by atoms with van der Waals surface area (Å²) >= 11 is 0. The molecule has 0 saturated heterocycles. The lowest BCUT2D eigenvalue weighted by atomic mass is 10.1. The van der Waals surface area contributed by atoms with Gasteiger partial charge < -0.3 is 19.9 Å². The molecule has 0 unspecified atom stereocenters.